The Labute approximate surface area is 127 Å². The third kappa shape index (κ3) is 4.07. The summed E-state index contributed by atoms with van der Waals surface area (Å²) in [4.78, 5) is 23.1. The van der Waals surface area contributed by atoms with Gasteiger partial charge in [-0.3, -0.25) is 9.59 Å². The van der Waals surface area contributed by atoms with Crippen molar-refractivity contribution < 1.29 is 14.7 Å². The van der Waals surface area contributed by atoms with Crippen LogP contribution in [0.25, 0.3) is 0 Å². The van der Waals surface area contributed by atoms with Crippen LogP contribution in [0.3, 0.4) is 0 Å². The van der Waals surface area contributed by atoms with Crippen molar-refractivity contribution in [3.05, 3.63) is 33.3 Å². The van der Waals surface area contributed by atoms with Crippen molar-refractivity contribution in [3.63, 3.8) is 0 Å². The number of benzene rings is 1. The van der Waals surface area contributed by atoms with Crippen LogP contribution >= 0.6 is 15.9 Å². The van der Waals surface area contributed by atoms with Gasteiger partial charge in [0.25, 0.3) is 5.91 Å². The van der Waals surface area contributed by atoms with E-state index in [1.165, 1.54) is 0 Å². The molecule has 0 atom stereocenters. The minimum absolute atomic E-state index is 0.167. The van der Waals surface area contributed by atoms with E-state index in [0.29, 0.717) is 18.5 Å². The second-order valence-corrected chi connectivity index (χ2v) is 6.47. The van der Waals surface area contributed by atoms with Crippen LogP contribution in [-0.4, -0.2) is 23.5 Å². The molecule has 0 aromatic heterocycles. The third-order valence-corrected chi connectivity index (χ3v) is 4.22. The molecule has 0 aliphatic rings. The first-order valence-electron chi connectivity index (χ1n) is 6.43. The Morgan fingerprint density at radius 3 is 2.40 bits per heavy atom. The van der Waals surface area contributed by atoms with Gasteiger partial charge in [0, 0.05) is 16.6 Å². The van der Waals surface area contributed by atoms with Gasteiger partial charge < -0.3 is 10.4 Å². The summed E-state index contributed by atoms with van der Waals surface area (Å²) in [5.74, 6) is -1.03. The van der Waals surface area contributed by atoms with Crippen LogP contribution in [0.15, 0.2) is 16.6 Å². The first kappa shape index (κ1) is 16.7. The van der Waals surface area contributed by atoms with Crippen molar-refractivity contribution in [1.29, 1.82) is 0 Å². The molecule has 0 saturated carbocycles. The highest BCUT2D eigenvalue weighted by molar-refractivity contribution is 9.10. The fourth-order valence-electron chi connectivity index (χ4n) is 1.72. The van der Waals surface area contributed by atoms with Crippen LogP contribution < -0.4 is 5.32 Å². The zero-order chi connectivity index (χ0) is 15.5. The van der Waals surface area contributed by atoms with E-state index in [4.69, 9.17) is 5.11 Å². The maximum atomic E-state index is 12.1. The normalized spacial score (nSPS) is 11.2. The van der Waals surface area contributed by atoms with Gasteiger partial charge in [-0.15, -0.1) is 0 Å². The van der Waals surface area contributed by atoms with E-state index in [-0.39, 0.29) is 5.91 Å². The highest BCUT2D eigenvalue weighted by atomic mass is 79.9. The number of rotatable bonds is 5. The van der Waals surface area contributed by atoms with Gasteiger partial charge in [0.15, 0.2) is 0 Å². The van der Waals surface area contributed by atoms with Crippen molar-refractivity contribution in [1.82, 2.24) is 5.32 Å². The molecular formula is C15H20BrNO3. The molecule has 0 spiro atoms. The number of amides is 1. The van der Waals surface area contributed by atoms with Crippen molar-refractivity contribution in [2.24, 2.45) is 5.41 Å². The molecule has 2 N–H and O–H groups in total. The van der Waals surface area contributed by atoms with Gasteiger partial charge in [-0.25, -0.2) is 0 Å². The summed E-state index contributed by atoms with van der Waals surface area (Å²) < 4.78 is 0.971. The van der Waals surface area contributed by atoms with E-state index in [2.05, 4.69) is 21.2 Å². The van der Waals surface area contributed by atoms with E-state index in [1.54, 1.807) is 13.8 Å². The van der Waals surface area contributed by atoms with Gasteiger partial charge >= 0.3 is 5.97 Å². The molecule has 1 rings (SSSR count). The fraction of sp³-hybridized carbons (Fsp3) is 0.467. The molecule has 1 aromatic rings. The first-order valence-corrected chi connectivity index (χ1v) is 7.23. The van der Waals surface area contributed by atoms with E-state index >= 15 is 0 Å². The quantitative estimate of drug-likeness (QED) is 0.863. The summed E-state index contributed by atoms with van der Waals surface area (Å²) in [6.07, 6.45) is 0.391. The number of carbonyl (C=O) groups is 2. The number of nitrogens with one attached hydrogen (secondary N) is 1. The zero-order valence-corrected chi connectivity index (χ0v) is 13.8. The highest BCUT2D eigenvalue weighted by Gasteiger charge is 2.26. The molecule has 110 valence electrons. The minimum atomic E-state index is -0.859. The standard InChI is InChI=1S/C15H20BrNO3/c1-9-8-12(16)10(2)7-11(9)13(18)17-6-5-15(3,4)14(19)20/h7-8H,5-6H2,1-4H3,(H,17,18)(H,19,20). The molecule has 0 aliphatic heterocycles. The maximum Gasteiger partial charge on any atom is 0.309 e. The summed E-state index contributed by atoms with van der Waals surface area (Å²) in [7, 11) is 0. The van der Waals surface area contributed by atoms with Crippen LogP contribution in [0.1, 0.15) is 41.8 Å². The molecule has 5 heteroatoms. The lowest BCUT2D eigenvalue weighted by Gasteiger charge is -2.19. The molecule has 0 radical (unpaired) electrons. The summed E-state index contributed by atoms with van der Waals surface area (Å²) >= 11 is 3.43. The van der Waals surface area contributed by atoms with Gasteiger partial charge in [-0.1, -0.05) is 15.9 Å². The van der Waals surface area contributed by atoms with Crippen LogP contribution in [-0.2, 0) is 4.79 Å². The predicted molar refractivity (Wildman–Crippen MR) is 82.0 cm³/mol. The summed E-state index contributed by atoms with van der Waals surface area (Å²) in [5, 5.41) is 11.8. The van der Waals surface area contributed by atoms with E-state index in [1.807, 2.05) is 26.0 Å². The van der Waals surface area contributed by atoms with Crippen LogP contribution in [0.2, 0.25) is 0 Å². The third-order valence-electron chi connectivity index (χ3n) is 3.36. The number of carbonyl (C=O) groups excluding carboxylic acids is 1. The molecule has 0 fully saturated rings. The SMILES string of the molecule is Cc1cc(C(=O)NCCC(C)(C)C(=O)O)c(C)cc1Br. The van der Waals surface area contributed by atoms with Gasteiger partial charge in [0.1, 0.15) is 0 Å². The lowest BCUT2D eigenvalue weighted by molar-refractivity contribution is -0.147. The lowest BCUT2D eigenvalue weighted by atomic mass is 9.89. The Morgan fingerprint density at radius 2 is 1.85 bits per heavy atom. The molecule has 0 heterocycles. The molecule has 0 aliphatic carbocycles. The fourth-order valence-corrected chi connectivity index (χ4v) is 2.17. The highest BCUT2D eigenvalue weighted by Crippen LogP contribution is 2.22. The molecule has 0 unspecified atom stereocenters. The zero-order valence-electron chi connectivity index (χ0n) is 12.2. The van der Waals surface area contributed by atoms with Gasteiger partial charge in [-0.05, 0) is 57.4 Å². The van der Waals surface area contributed by atoms with Crippen LogP contribution in [0, 0.1) is 19.3 Å². The number of carboxylic acid groups (broad SMARTS) is 1. The number of aliphatic carboxylic acids is 1. The first-order chi connectivity index (χ1) is 9.15. The van der Waals surface area contributed by atoms with Crippen molar-refractivity contribution in [2.75, 3.05) is 6.54 Å². The second kappa shape index (κ2) is 6.39. The van der Waals surface area contributed by atoms with E-state index in [0.717, 1.165) is 15.6 Å². The van der Waals surface area contributed by atoms with Crippen molar-refractivity contribution in [3.8, 4) is 0 Å². The maximum absolute atomic E-state index is 12.1. The Balaban J connectivity index is 2.69. The van der Waals surface area contributed by atoms with Gasteiger partial charge in [0.05, 0.1) is 5.41 Å². The molecule has 4 nitrogen and oxygen atoms in total. The lowest BCUT2D eigenvalue weighted by Crippen LogP contribution is -2.32. The Bertz CT molecular complexity index is 538. The van der Waals surface area contributed by atoms with Crippen LogP contribution in [0.4, 0.5) is 0 Å². The predicted octanol–water partition coefficient (Wildman–Crippen LogP) is 3.30. The summed E-state index contributed by atoms with van der Waals surface area (Å²) in [5.41, 5.74) is 1.67. The van der Waals surface area contributed by atoms with Gasteiger partial charge in [0.2, 0.25) is 0 Å². The van der Waals surface area contributed by atoms with E-state index in [9.17, 15) is 9.59 Å². The van der Waals surface area contributed by atoms with Crippen LogP contribution in [0.5, 0.6) is 0 Å². The number of carboxylic acids is 1. The topological polar surface area (TPSA) is 66.4 Å². The molecule has 20 heavy (non-hydrogen) atoms. The number of hydrogen-bond acceptors (Lipinski definition) is 2. The summed E-state index contributed by atoms with van der Waals surface area (Å²) in [6.45, 7) is 7.44. The van der Waals surface area contributed by atoms with Crippen molar-refractivity contribution in [2.45, 2.75) is 34.1 Å². The molecule has 1 amide bonds. The minimum Gasteiger partial charge on any atom is -0.481 e. The molecular weight excluding hydrogens is 322 g/mol. The second-order valence-electron chi connectivity index (χ2n) is 5.61. The molecule has 0 bridgehead atoms. The van der Waals surface area contributed by atoms with Gasteiger partial charge in [-0.2, -0.15) is 0 Å². The smallest absolute Gasteiger partial charge is 0.309 e. The molecule has 0 saturated heterocycles. The average Bonchev–Trinajstić information content (AvgIpc) is 2.33. The average molecular weight is 342 g/mol. The van der Waals surface area contributed by atoms with Crippen molar-refractivity contribution >= 4 is 27.8 Å². The Morgan fingerprint density at radius 1 is 1.25 bits per heavy atom. The largest absolute Gasteiger partial charge is 0.481 e. The Hall–Kier alpha value is -1.36. The van der Waals surface area contributed by atoms with E-state index < -0.39 is 11.4 Å². The molecule has 1 aromatic carbocycles. The Kier molecular flexibility index (Phi) is 5.34. The number of halogens is 1. The number of aryl methyl sites for hydroxylation is 2. The number of hydrogen-bond donors (Lipinski definition) is 2. The monoisotopic (exact) mass is 341 g/mol. The summed E-state index contributed by atoms with van der Waals surface area (Å²) in [6, 6.07) is 3.74.